The molecule has 0 saturated heterocycles. The highest BCUT2D eigenvalue weighted by Crippen LogP contribution is 2.19. The van der Waals surface area contributed by atoms with Gasteiger partial charge in [-0.15, -0.1) is 0 Å². The van der Waals surface area contributed by atoms with Gasteiger partial charge in [-0.05, 0) is 54.9 Å². The van der Waals surface area contributed by atoms with Crippen molar-refractivity contribution in [3.05, 3.63) is 41.3 Å². The molecule has 0 spiro atoms. The molecule has 14 heavy (non-hydrogen) atoms. The van der Waals surface area contributed by atoms with E-state index < -0.39 is 0 Å². The summed E-state index contributed by atoms with van der Waals surface area (Å²) < 4.78 is 0. The van der Waals surface area contributed by atoms with Gasteiger partial charge >= 0.3 is 0 Å². The number of hydrogen-bond acceptors (Lipinski definition) is 0. The zero-order valence-electron chi connectivity index (χ0n) is 9.69. The number of aryl methyl sites for hydroxylation is 3. The van der Waals surface area contributed by atoms with Crippen LogP contribution < -0.4 is 0 Å². The van der Waals surface area contributed by atoms with Gasteiger partial charge in [-0.2, -0.15) is 0 Å². The second-order valence-electron chi connectivity index (χ2n) is 3.70. The van der Waals surface area contributed by atoms with Crippen molar-refractivity contribution in [3.63, 3.8) is 0 Å². The molecule has 77 valence electrons. The Hall–Kier alpha value is -0.780. The molecule has 0 amide bonds. The van der Waals surface area contributed by atoms with Crippen LogP contribution in [0.1, 0.15) is 43.0 Å². The Balaban J connectivity index is 3.20. The number of benzene rings is 1. The van der Waals surface area contributed by atoms with E-state index in [9.17, 15) is 0 Å². The molecule has 0 atom stereocenters. The number of hydrogen-bond donors (Lipinski definition) is 0. The van der Waals surface area contributed by atoms with E-state index in [1.165, 1.54) is 22.3 Å². The van der Waals surface area contributed by atoms with E-state index >= 15 is 0 Å². The third kappa shape index (κ3) is 2.17. The lowest BCUT2D eigenvalue weighted by molar-refractivity contribution is 0.989. The van der Waals surface area contributed by atoms with E-state index in [-0.39, 0.29) is 0 Å². The van der Waals surface area contributed by atoms with Crippen molar-refractivity contribution in [2.45, 2.75) is 46.5 Å². The van der Waals surface area contributed by atoms with Crippen molar-refractivity contribution >= 4 is 0 Å². The molecule has 0 aliphatic rings. The third-order valence-electron chi connectivity index (χ3n) is 2.93. The molecule has 0 aliphatic carbocycles. The van der Waals surface area contributed by atoms with Crippen LogP contribution in [0.5, 0.6) is 0 Å². The standard InChI is InChI=1S/C14H21/c1-5-11-9-13(7-3)14(8-4)10-12(11)6-2/h9-10H,1,5-8H2,2-4H3. The maximum atomic E-state index is 4.00. The van der Waals surface area contributed by atoms with Gasteiger partial charge in [-0.1, -0.05) is 32.9 Å². The van der Waals surface area contributed by atoms with Crippen LogP contribution in [0.25, 0.3) is 0 Å². The third-order valence-corrected chi connectivity index (χ3v) is 2.93. The van der Waals surface area contributed by atoms with Crippen molar-refractivity contribution in [2.75, 3.05) is 0 Å². The highest BCUT2D eigenvalue weighted by Gasteiger charge is 2.05. The van der Waals surface area contributed by atoms with Gasteiger partial charge in [0.2, 0.25) is 0 Å². The van der Waals surface area contributed by atoms with Gasteiger partial charge < -0.3 is 0 Å². The summed E-state index contributed by atoms with van der Waals surface area (Å²) in [6.45, 7) is 10.7. The van der Waals surface area contributed by atoms with E-state index in [0.29, 0.717) is 0 Å². The summed E-state index contributed by atoms with van der Waals surface area (Å²) >= 11 is 0. The van der Waals surface area contributed by atoms with E-state index in [2.05, 4.69) is 39.8 Å². The van der Waals surface area contributed by atoms with E-state index in [0.717, 1.165) is 25.7 Å². The van der Waals surface area contributed by atoms with Gasteiger partial charge in [-0.3, -0.25) is 0 Å². The van der Waals surface area contributed by atoms with E-state index in [1.54, 1.807) is 0 Å². The smallest absolute Gasteiger partial charge is 0.0276 e. The minimum atomic E-state index is 0.917. The Bertz CT molecular complexity index is 239. The van der Waals surface area contributed by atoms with Crippen molar-refractivity contribution in [2.24, 2.45) is 0 Å². The molecule has 1 aromatic rings. The Kier molecular flexibility index (Phi) is 4.19. The fourth-order valence-corrected chi connectivity index (χ4v) is 2.01. The first-order chi connectivity index (χ1) is 6.76. The van der Waals surface area contributed by atoms with Crippen LogP contribution in [0, 0.1) is 6.92 Å². The molecule has 0 bridgehead atoms. The average molecular weight is 189 g/mol. The molecule has 1 rings (SSSR count). The van der Waals surface area contributed by atoms with Crippen LogP contribution >= 0.6 is 0 Å². The molecule has 0 aromatic heterocycles. The SMILES string of the molecule is [CH2]Cc1cc(CC)c(CC)cc1CC. The maximum Gasteiger partial charge on any atom is -0.0276 e. The molecule has 0 fully saturated rings. The summed E-state index contributed by atoms with van der Waals surface area (Å²) in [6, 6.07) is 4.73. The zero-order valence-corrected chi connectivity index (χ0v) is 9.69. The van der Waals surface area contributed by atoms with Gasteiger partial charge in [-0.25, -0.2) is 0 Å². The second kappa shape index (κ2) is 5.19. The van der Waals surface area contributed by atoms with Crippen LogP contribution in [0.3, 0.4) is 0 Å². The van der Waals surface area contributed by atoms with Crippen molar-refractivity contribution in [3.8, 4) is 0 Å². The Morgan fingerprint density at radius 2 is 1.14 bits per heavy atom. The molecule has 0 aliphatic heterocycles. The summed E-state index contributed by atoms with van der Waals surface area (Å²) in [7, 11) is 0. The molecule has 0 heteroatoms. The van der Waals surface area contributed by atoms with E-state index in [4.69, 9.17) is 0 Å². The summed E-state index contributed by atoms with van der Waals surface area (Å²) in [4.78, 5) is 0. The van der Waals surface area contributed by atoms with Crippen molar-refractivity contribution in [1.29, 1.82) is 0 Å². The quantitative estimate of drug-likeness (QED) is 0.676. The van der Waals surface area contributed by atoms with Gasteiger partial charge in [0.25, 0.3) is 0 Å². The monoisotopic (exact) mass is 189 g/mol. The fourth-order valence-electron chi connectivity index (χ4n) is 2.01. The Morgan fingerprint density at radius 1 is 0.786 bits per heavy atom. The largest absolute Gasteiger partial charge is 0.0613 e. The first kappa shape index (κ1) is 11.3. The summed E-state index contributed by atoms with van der Waals surface area (Å²) in [5.74, 6) is 0. The minimum absolute atomic E-state index is 0.917. The van der Waals surface area contributed by atoms with Crippen molar-refractivity contribution in [1.82, 2.24) is 0 Å². The molecule has 0 nitrogen and oxygen atoms in total. The summed E-state index contributed by atoms with van der Waals surface area (Å²) in [5.41, 5.74) is 5.93. The Labute approximate surface area is 88.4 Å². The highest BCUT2D eigenvalue weighted by molar-refractivity contribution is 5.39. The topological polar surface area (TPSA) is 0 Å². The summed E-state index contributed by atoms with van der Waals surface area (Å²) in [6.07, 6.45) is 4.33. The molecule has 0 N–H and O–H groups in total. The first-order valence-electron chi connectivity index (χ1n) is 5.69. The molecule has 0 saturated carbocycles. The van der Waals surface area contributed by atoms with Crippen LogP contribution in [0.15, 0.2) is 12.1 Å². The number of rotatable bonds is 4. The molecule has 1 aromatic carbocycles. The molecule has 0 unspecified atom stereocenters. The average Bonchev–Trinajstić information content (AvgIpc) is 2.26. The molecular weight excluding hydrogens is 168 g/mol. The van der Waals surface area contributed by atoms with Crippen molar-refractivity contribution < 1.29 is 0 Å². The van der Waals surface area contributed by atoms with Crippen LogP contribution in [-0.2, 0) is 25.7 Å². The first-order valence-corrected chi connectivity index (χ1v) is 5.69. The normalized spacial score (nSPS) is 10.6. The fraction of sp³-hybridized carbons (Fsp3) is 0.500. The van der Waals surface area contributed by atoms with E-state index in [1.807, 2.05) is 0 Å². The lowest BCUT2D eigenvalue weighted by Gasteiger charge is -2.12. The van der Waals surface area contributed by atoms with Gasteiger partial charge in [0.05, 0.1) is 0 Å². The molecular formula is C14H21. The lowest BCUT2D eigenvalue weighted by atomic mass is 9.93. The van der Waals surface area contributed by atoms with Gasteiger partial charge in [0.1, 0.15) is 0 Å². The minimum Gasteiger partial charge on any atom is -0.0613 e. The lowest BCUT2D eigenvalue weighted by Crippen LogP contribution is -1.99. The predicted molar refractivity (Wildman–Crippen MR) is 63.6 cm³/mol. The maximum absolute atomic E-state index is 4.00. The molecule has 1 radical (unpaired) electrons. The molecule has 0 heterocycles. The van der Waals surface area contributed by atoms with Gasteiger partial charge in [0.15, 0.2) is 0 Å². The Morgan fingerprint density at radius 3 is 1.50 bits per heavy atom. The van der Waals surface area contributed by atoms with Crippen LogP contribution in [-0.4, -0.2) is 0 Å². The van der Waals surface area contributed by atoms with Crippen LogP contribution in [0.4, 0.5) is 0 Å². The highest BCUT2D eigenvalue weighted by atomic mass is 14.1. The predicted octanol–water partition coefficient (Wildman–Crippen LogP) is 3.75. The second-order valence-corrected chi connectivity index (χ2v) is 3.70. The van der Waals surface area contributed by atoms with Crippen LogP contribution in [0.2, 0.25) is 0 Å². The van der Waals surface area contributed by atoms with Gasteiger partial charge in [0, 0.05) is 0 Å². The zero-order chi connectivity index (χ0) is 10.6. The summed E-state index contributed by atoms with van der Waals surface area (Å²) in [5, 5.41) is 0.